The first-order valence-electron chi connectivity index (χ1n) is 5.46. The molecule has 0 radical (unpaired) electrons. The maximum atomic E-state index is 12.7. The lowest BCUT2D eigenvalue weighted by atomic mass is 10.1. The van der Waals surface area contributed by atoms with Crippen LogP contribution in [0.5, 0.6) is 0 Å². The molecule has 1 amide bonds. The first kappa shape index (κ1) is 14.1. The number of hydrogen-bond acceptors (Lipinski definition) is 3. The molecule has 0 aromatic heterocycles. The van der Waals surface area contributed by atoms with Gasteiger partial charge in [-0.25, -0.2) is 4.39 Å². The molecule has 18 heavy (non-hydrogen) atoms. The molecule has 1 atom stereocenters. The average molecular weight is 254 g/mol. The van der Waals surface area contributed by atoms with Crippen LogP contribution in [0.2, 0.25) is 0 Å². The number of halogens is 1. The van der Waals surface area contributed by atoms with Crippen molar-refractivity contribution in [3.63, 3.8) is 0 Å². The van der Waals surface area contributed by atoms with Gasteiger partial charge in [0.25, 0.3) is 0 Å². The van der Waals surface area contributed by atoms with Crippen LogP contribution in [-0.2, 0) is 9.59 Å². The van der Waals surface area contributed by atoms with Gasteiger partial charge in [0.15, 0.2) is 0 Å². The van der Waals surface area contributed by atoms with E-state index in [9.17, 15) is 14.0 Å². The lowest BCUT2D eigenvalue weighted by Gasteiger charge is -2.14. The summed E-state index contributed by atoms with van der Waals surface area (Å²) < 4.78 is 12.7. The van der Waals surface area contributed by atoms with E-state index < -0.39 is 5.97 Å². The lowest BCUT2D eigenvalue weighted by molar-refractivity contribution is -0.136. The second kappa shape index (κ2) is 6.70. The van der Waals surface area contributed by atoms with Crippen LogP contribution >= 0.6 is 0 Å². The molecule has 0 bridgehead atoms. The van der Waals surface area contributed by atoms with Crippen LogP contribution < -0.4 is 10.6 Å². The van der Waals surface area contributed by atoms with Crippen LogP contribution in [0, 0.1) is 5.82 Å². The Kier molecular flexibility index (Phi) is 5.26. The highest BCUT2D eigenvalue weighted by molar-refractivity contribution is 5.79. The summed E-state index contributed by atoms with van der Waals surface area (Å²) in [4.78, 5) is 21.7. The predicted molar refractivity (Wildman–Crippen MR) is 63.5 cm³/mol. The standard InChI is InChI=1S/C12H15FN2O3/c1-8(9-2-4-10(13)5-3-9)15-11(16)6-14-7-12(17)18/h2-5,8,14H,6-7H2,1H3,(H,15,16)(H,17,18). The van der Waals surface area contributed by atoms with E-state index >= 15 is 0 Å². The molecule has 0 fully saturated rings. The summed E-state index contributed by atoms with van der Waals surface area (Å²) in [6.45, 7) is 1.43. The van der Waals surface area contributed by atoms with E-state index in [-0.39, 0.29) is 30.9 Å². The van der Waals surface area contributed by atoms with Crippen molar-refractivity contribution >= 4 is 11.9 Å². The Balaban J connectivity index is 2.39. The van der Waals surface area contributed by atoms with E-state index in [1.165, 1.54) is 12.1 Å². The number of hydrogen-bond donors (Lipinski definition) is 3. The Morgan fingerprint density at radius 2 is 1.89 bits per heavy atom. The van der Waals surface area contributed by atoms with Crippen molar-refractivity contribution in [1.82, 2.24) is 10.6 Å². The third-order valence-corrected chi connectivity index (χ3v) is 2.31. The normalized spacial score (nSPS) is 11.9. The minimum atomic E-state index is -1.02. The molecule has 0 aliphatic rings. The fourth-order valence-corrected chi connectivity index (χ4v) is 1.41. The van der Waals surface area contributed by atoms with Crippen LogP contribution in [0.3, 0.4) is 0 Å². The number of nitrogens with one attached hydrogen (secondary N) is 2. The molecule has 0 spiro atoms. The molecule has 6 heteroatoms. The molecule has 1 aromatic carbocycles. The smallest absolute Gasteiger partial charge is 0.317 e. The highest BCUT2D eigenvalue weighted by Crippen LogP contribution is 2.12. The van der Waals surface area contributed by atoms with Crippen LogP contribution in [0.4, 0.5) is 4.39 Å². The summed E-state index contributed by atoms with van der Waals surface area (Å²) in [5.74, 6) is -1.66. The number of aliphatic carboxylic acids is 1. The summed E-state index contributed by atoms with van der Waals surface area (Å²) in [6.07, 6.45) is 0. The van der Waals surface area contributed by atoms with Crippen molar-refractivity contribution in [3.05, 3.63) is 35.6 Å². The van der Waals surface area contributed by atoms with Gasteiger partial charge in [-0.2, -0.15) is 0 Å². The van der Waals surface area contributed by atoms with Crippen LogP contribution in [0.25, 0.3) is 0 Å². The maximum absolute atomic E-state index is 12.7. The van der Waals surface area contributed by atoms with E-state index in [2.05, 4.69) is 10.6 Å². The Morgan fingerprint density at radius 3 is 2.44 bits per heavy atom. The average Bonchev–Trinajstić information content (AvgIpc) is 2.29. The van der Waals surface area contributed by atoms with E-state index in [0.29, 0.717) is 0 Å². The minimum absolute atomic E-state index is 0.0716. The van der Waals surface area contributed by atoms with Crippen molar-refractivity contribution in [2.75, 3.05) is 13.1 Å². The summed E-state index contributed by atoms with van der Waals surface area (Å²) in [5.41, 5.74) is 0.781. The minimum Gasteiger partial charge on any atom is -0.480 e. The molecular weight excluding hydrogens is 239 g/mol. The van der Waals surface area contributed by atoms with E-state index in [4.69, 9.17) is 5.11 Å². The Hall–Kier alpha value is -1.95. The van der Waals surface area contributed by atoms with Gasteiger partial charge in [0.1, 0.15) is 5.82 Å². The number of rotatable bonds is 6. The van der Waals surface area contributed by atoms with Gasteiger partial charge in [-0.05, 0) is 24.6 Å². The van der Waals surface area contributed by atoms with E-state index in [0.717, 1.165) is 5.56 Å². The molecule has 1 rings (SSSR count). The summed E-state index contributed by atoms with van der Waals surface area (Å²) in [6, 6.07) is 5.56. The number of carboxylic acid groups (broad SMARTS) is 1. The van der Waals surface area contributed by atoms with Crippen molar-refractivity contribution in [1.29, 1.82) is 0 Å². The molecule has 0 heterocycles. The van der Waals surface area contributed by atoms with Gasteiger partial charge in [0, 0.05) is 0 Å². The van der Waals surface area contributed by atoms with Crippen LogP contribution in [0.1, 0.15) is 18.5 Å². The fourth-order valence-electron chi connectivity index (χ4n) is 1.41. The van der Waals surface area contributed by atoms with Gasteiger partial charge >= 0.3 is 5.97 Å². The number of amides is 1. The van der Waals surface area contributed by atoms with E-state index in [1.54, 1.807) is 19.1 Å². The molecule has 1 aromatic rings. The first-order chi connectivity index (χ1) is 8.49. The molecule has 1 unspecified atom stereocenters. The second-order valence-electron chi connectivity index (χ2n) is 3.84. The van der Waals surface area contributed by atoms with Crippen molar-refractivity contribution in [2.24, 2.45) is 0 Å². The predicted octanol–water partition coefficient (Wildman–Crippen LogP) is 0.677. The fraction of sp³-hybridized carbons (Fsp3) is 0.333. The zero-order valence-corrected chi connectivity index (χ0v) is 9.94. The molecular formula is C12H15FN2O3. The third-order valence-electron chi connectivity index (χ3n) is 2.31. The van der Waals surface area contributed by atoms with Crippen molar-refractivity contribution in [2.45, 2.75) is 13.0 Å². The van der Waals surface area contributed by atoms with Crippen LogP contribution in [-0.4, -0.2) is 30.1 Å². The highest BCUT2D eigenvalue weighted by Gasteiger charge is 2.09. The zero-order chi connectivity index (χ0) is 13.5. The topological polar surface area (TPSA) is 78.4 Å². The zero-order valence-electron chi connectivity index (χ0n) is 9.94. The Bertz CT molecular complexity index is 420. The number of carbonyl (C=O) groups excluding carboxylic acids is 1. The molecule has 98 valence electrons. The van der Waals surface area contributed by atoms with Gasteiger partial charge in [-0.3, -0.25) is 14.9 Å². The maximum Gasteiger partial charge on any atom is 0.317 e. The summed E-state index contributed by atoms with van der Waals surface area (Å²) in [5, 5.41) is 13.5. The second-order valence-corrected chi connectivity index (χ2v) is 3.84. The van der Waals surface area contributed by atoms with Crippen molar-refractivity contribution in [3.8, 4) is 0 Å². The number of carbonyl (C=O) groups is 2. The molecule has 0 saturated heterocycles. The monoisotopic (exact) mass is 254 g/mol. The van der Waals surface area contributed by atoms with Gasteiger partial charge in [0.05, 0.1) is 19.1 Å². The van der Waals surface area contributed by atoms with Gasteiger partial charge in [-0.1, -0.05) is 12.1 Å². The van der Waals surface area contributed by atoms with Gasteiger partial charge < -0.3 is 10.4 Å². The Morgan fingerprint density at radius 1 is 1.28 bits per heavy atom. The molecule has 3 N–H and O–H groups in total. The van der Waals surface area contributed by atoms with Crippen LogP contribution in [0.15, 0.2) is 24.3 Å². The number of carboxylic acids is 1. The molecule has 0 aliphatic carbocycles. The largest absolute Gasteiger partial charge is 0.480 e. The first-order valence-corrected chi connectivity index (χ1v) is 5.46. The summed E-state index contributed by atoms with van der Waals surface area (Å²) in [7, 11) is 0. The lowest BCUT2D eigenvalue weighted by Crippen LogP contribution is -2.37. The van der Waals surface area contributed by atoms with Gasteiger partial charge in [-0.15, -0.1) is 0 Å². The molecule has 0 aliphatic heterocycles. The SMILES string of the molecule is CC(NC(=O)CNCC(=O)O)c1ccc(F)cc1. The molecule has 0 saturated carbocycles. The van der Waals surface area contributed by atoms with Crippen molar-refractivity contribution < 1.29 is 19.1 Å². The third kappa shape index (κ3) is 4.92. The number of benzene rings is 1. The highest BCUT2D eigenvalue weighted by atomic mass is 19.1. The quantitative estimate of drug-likeness (QED) is 0.697. The Labute approximate surface area is 104 Å². The summed E-state index contributed by atoms with van der Waals surface area (Å²) >= 11 is 0. The van der Waals surface area contributed by atoms with E-state index in [1.807, 2.05) is 0 Å². The molecule has 5 nitrogen and oxygen atoms in total. The van der Waals surface area contributed by atoms with Gasteiger partial charge in [0.2, 0.25) is 5.91 Å².